The molecule has 7 heteroatoms. The predicted octanol–water partition coefficient (Wildman–Crippen LogP) is 8.22. The molecule has 2 unspecified atom stereocenters. The molecule has 1 N–H and O–H groups in total. The van der Waals surface area contributed by atoms with Crippen molar-refractivity contribution in [3.63, 3.8) is 0 Å². The number of anilines is 2. The first-order valence-electron chi connectivity index (χ1n) is 15.6. The van der Waals surface area contributed by atoms with Crippen LogP contribution in [0.3, 0.4) is 0 Å². The van der Waals surface area contributed by atoms with Crippen LogP contribution in [0.4, 0.5) is 11.4 Å². The summed E-state index contributed by atoms with van der Waals surface area (Å²) >= 11 is 0. The number of carbonyl (C=O) groups is 2. The molecule has 46 heavy (non-hydrogen) atoms. The van der Waals surface area contributed by atoms with E-state index in [1.165, 1.54) is 5.56 Å². The van der Waals surface area contributed by atoms with Gasteiger partial charge >= 0.3 is 0 Å². The quantitative estimate of drug-likeness (QED) is 0.235. The number of ketones is 1. The molecule has 1 heterocycles. The van der Waals surface area contributed by atoms with Crippen LogP contribution in [0.15, 0.2) is 102 Å². The lowest BCUT2D eigenvalue weighted by Crippen LogP contribution is -2.38. The Morgan fingerprint density at radius 2 is 1.41 bits per heavy atom. The molecule has 7 nitrogen and oxygen atoms in total. The lowest BCUT2D eigenvalue weighted by Gasteiger charge is -2.35. The number of nitrogens with one attached hydrogen (secondary N) is 1. The van der Waals surface area contributed by atoms with Gasteiger partial charge in [0.25, 0.3) is 5.91 Å². The van der Waals surface area contributed by atoms with Gasteiger partial charge in [0.2, 0.25) is 5.75 Å². The minimum Gasteiger partial charge on any atom is -0.493 e. The molecular weight excluding hydrogens is 576 g/mol. The highest BCUT2D eigenvalue weighted by atomic mass is 16.5. The zero-order valence-corrected chi connectivity index (χ0v) is 27.2. The predicted molar refractivity (Wildman–Crippen MR) is 181 cm³/mol. The van der Waals surface area contributed by atoms with Gasteiger partial charge in [-0.1, -0.05) is 75.4 Å². The Hall–Kier alpha value is -5.04. The fourth-order valence-electron chi connectivity index (χ4n) is 6.60. The van der Waals surface area contributed by atoms with Crippen LogP contribution >= 0.6 is 0 Å². The maximum Gasteiger partial charge on any atom is 0.259 e. The molecule has 0 saturated carbocycles. The van der Waals surface area contributed by atoms with Crippen LogP contribution in [0.25, 0.3) is 0 Å². The first-order valence-corrected chi connectivity index (χ1v) is 15.6. The zero-order chi connectivity index (χ0) is 32.6. The molecule has 0 saturated heterocycles. The van der Waals surface area contributed by atoms with E-state index in [1.807, 2.05) is 54.6 Å². The van der Waals surface area contributed by atoms with Crippen LogP contribution in [-0.2, 0) is 10.2 Å². The lowest BCUT2D eigenvalue weighted by atomic mass is 9.77. The smallest absolute Gasteiger partial charge is 0.259 e. The third-order valence-corrected chi connectivity index (χ3v) is 8.98. The van der Waals surface area contributed by atoms with Gasteiger partial charge < -0.3 is 19.5 Å². The average Bonchev–Trinajstić information content (AvgIpc) is 3.22. The molecule has 2 aliphatic rings. The van der Waals surface area contributed by atoms with E-state index in [-0.39, 0.29) is 23.0 Å². The Balaban J connectivity index is 1.57. The monoisotopic (exact) mass is 616 g/mol. The van der Waals surface area contributed by atoms with Gasteiger partial charge in [-0.05, 0) is 70.8 Å². The normalized spacial score (nSPS) is 17.8. The Labute approximate surface area is 270 Å². The highest BCUT2D eigenvalue weighted by Crippen LogP contribution is 2.50. The van der Waals surface area contributed by atoms with Crippen molar-refractivity contribution < 1.29 is 23.8 Å². The van der Waals surface area contributed by atoms with Crippen LogP contribution in [-0.4, -0.2) is 33.0 Å². The van der Waals surface area contributed by atoms with E-state index in [0.717, 1.165) is 16.9 Å². The number of Topliss-reactive ketones (excluding diaryl/α,β-unsaturated/α-hetero) is 1. The van der Waals surface area contributed by atoms with E-state index in [0.29, 0.717) is 52.5 Å². The fraction of sp³-hybridized carbons (Fsp3) is 0.282. The summed E-state index contributed by atoms with van der Waals surface area (Å²) in [6, 6.07) is 28.4. The zero-order valence-electron chi connectivity index (χ0n) is 27.2. The van der Waals surface area contributed by atoms with Crippen molar-refractivity contribution in [1.29, 1.82) is 0 Å². The summed E-state index contributed by atoms with van der Waals surface area (Å²) in [6.45, 7) is 6.59. The second-order valence-electron chi connectivity index (χ2n) is 12.8. The van der Waals surface area contributed by atoms with Gasteiger partial charge in [-0.2, -0.15) is 0 Å². The van der Waals surface area contributed by atoms with Crippen LogP contribution in [0.2, 0.25) is 0 Å². The van der Waals surface area contributed by atoms with E-state index in [2.05, 4.69) is 50.4 Å². The molecule has 0 bridgehead atoms. The number of ether oxygens (including phenoxy) is 3. The number of hydrogen-bond acceptors (Lipinski definition) is 6. The summed E-state index contributed by atoms with van der Waals surface area (Å²) < 4.78 is 17.1. The number of fused-ring (bicyclic) bond motifs is 1. The van der Waals surface area contributed by atoms with Crippen molar-refractivity contribution in [3.05, 3.63) is 125 Å². The summed E-state index contributed by atoms with van der Waals surface area (Å²) in [5.74, 6) is 1.06. The third kappa shape index (κ3) is 5.62. The second kappa shape index (κ2) is 12.4. The van der Waals surface area contributed by atoms with Crippen LogP contribution in [0, 0.1) is 0 Å². The first-order chi connectivity index (χ1) is 22.1. The van der Waals surface area contributed by atoms with Gasteiger partial charge in [-0.25, -0.2) is 0 Å². The molecule has 2 atom stereocenters. The second-order valence-corrected chi connectivity index (χ2v) is 12.8. The lowest BCUT2D eigenvalue weighted by molar-refractivity contribution is -0.116. The number of hydrogen-bond donors (Lipinski definition) is 1. The van der Waals surface area contributed by atoms with Gasteiger partial charge in [0.1, 0.15) is 0 Å². The van der Waals surface area contributed by atoms with Crippen LogP contribution in [0.5, 0.6) is 17.2 Å². The minimum absolute atomic E-state index is 0.0168. The molecule has 1 amide bonds. The number of allylic oxidation sites excluding steroid dienone is 1. The van der Waals surface area contributed by atoms with E-state index in [4.69, 9.17) is 14.2 Å². The van der Waals surface area contributed by atoms with Crippen molar-refractivity contribution >= 4 is 23.1 Å². The van der Waals surface area contributed by atoms with Gasteiger partial charge in [-0.3, -0.25) is 14.5 Å². The molecular formula is C39H40N2O5. The fourth-order valence-corrected chi connectivity index (χ4v) is 6.60. The standard InChI is InChI=1S/C39H40N2O5/c1-39(2,3)28-18-16-24(17-19-28)26-20-30-35(32(42)21-26)36(27-22-33(44-4)37(46-6)34(23-27)45-5)41(31-15-11-10-14-29(31)40-30)38(43)25-12-8-7-9-13-25/h7-19,22-23,26,36,40H,20-21H2,1-6H3. The van der Waals surface area contributed by atoms with E-state index in [1.54, 1.807) is 38.4 Å². The molecule has 0 fully saturated rings. The van der Waals surface area contributed by atoms with E-state index >= 15 is 0 Å². The summed E-state index contributed by atoms with van der Waals surface area (Å²) in [7, 11) is 4.67. The molecule has 236 valence electrons. The van der Waals surface area contributed by atoms with Crippen molar-refractivity contribution in [2.75, 3.05) is 31.5 Å². The van der Waals surface area contributed by atoms with Crippen molar-refractivity contribution in [3.8, 4) is 17.2 Å². The number of para-hydroxylation sites is 2. The number of benzene rings is 4. The molecule has 6 rings (SSSR count). The van der Waals surface area contributed by atoms with Crippen LogP contribution < -0.4 is 24.4 Å². The van der Waals surface area contributed by atoms with Gasteiger partial charge in [-0.15, -0.1) is 0 Å². The number of amides is 1. The van der Waals surface area contributed by atoms with Crippen molar-refractivity contribution in [2.45, 2.75) is 51.0 Å². The van der Waals surface area contributed by atoms with Gasteiger partial charge in [0.15, 0.2) is 17.3 Å². The number of carbonyl (C=O) groups excluding carboxylic acids is 2. The largest absolute Gasteiger partial charge is 0.493 e. The molecule has 0 radical (unpaired) electrons. The highest BCUT2D eigenvalue weighted by molar-refractivity contribution is 6.12. The van der Waals surface area contributed by atoms with Crippen molar-refractivity contribution in [1.82, 2.24) is 0 Å². The Morgan fingerprint density at radius 3 is 2.02 bits per heavy atom. The third-order valence-electron chi connectivity index (χ3n) is 8.98. The van der Waals surface area contributed by atoms with Gasteiger partial charge in [0, 0.05) is 23.3 Å². The van der Waals surface area contributed by atoms with E-state index < -0.39 is 6.04 Å². The van der Waals surface area contributed by atoms with Crippen LogP contribution in [0.1, 0.15) is 72.6 Å². The first kappa shape index (κ1) is 31.0. The molecule has 0 spiro atoms. The highest BCUT2D eigenvalue weighted by Gasteiger charge is 2.42. The summed E-state index contributed by atoms with van der Waals surface area (Å²) in [5, 5.41) is 3.62. The number of methoxy groups -OCH3 is 3. The van der Waals surface area contributed by atoms with Gasteiger partial charge in [0.05, 0.1) is 38.7 Å². The molecule has 0 aromatic heterocycles. The molecule has 4 aromatic carbocycles. The minimum atomic E-state index is -0.774. The Kier molecular flexibility index (Phi) is 8.34. The topological polar surface area (TPSA) is 77.1 Å². The molecule has 4 aromatic rings. The summed E-state index contributed by atoms with van der Waals surface area (Å²) in [5.41, 5.74) is 6.37. The van der Waals surface area contributed by atoms with E-state index in [9.17, 15) is 9.59 Å². The summed E-state index contributed by atoms with van der Waals surface area (Å²) in [4.78, 5) is 30.9. The number of nitrogens with zero attached hydrogens (tertiary/aromatic N) is 1. The Morgan fingerprint density at radius 1 is 0.783 bits per heavy atom. The van der Waals surface area contributed by atoms with Crippen molar-refractivity contribution in [2.24, 2.45) is 0 Å². The molecule has 1 aliphatic carbocycles. The maximum absolute atomic E-state index is 14.6. The Bertz CT molecular complexity index is 1780. The summed E-state index contributed by atoms with van der Waals surface area (Å²) in [6.07, 6.45) is 0.929. The maximum atomic E-state index is 14.6. The molecule has 1 aliphatic heterocycles. The average molecular weight is 617 g/mol. The SMILES string of the molecule is COc1cc(C2C3=C(CC(c4ccc(C(C)(C)C)cc4)CC3=O)Nc3ccccc3N2C(=O)c2ccccc2)cc(OC)c1OC. The number of rotatable bonds is 6.